The van der Waals surface area contributed by atoms with Crippen LogP contribution in [0.25, 0.3) is 0 Å². The summed E-state index contributed by atoms with van der Waals surface area (Å²) in [4.78, 5) is 13.9. The van der Waals surface area contributed by atoms with E-state index in [1.165, 1.54) is 0 Å². The van der Waals surface area contributed by atoms with Crippen LogP contribution in [-0.2, 0) is 4.74 Å². The van der Waals surface area contributed by atoms with Crippen molar-refractivity contribution >= 4 is 6.09 Å². The van der Waals surface area contributed by atoms with Crippen LogP contribution in [0.1, 0.15) is 45.3 Å². The van der Waals surface area contributed by atoms with Crippen LogP contribution in [0, 0.1) is 5.92 Å². The molecular formula is C18H27NO4. The van der Waals surface area contributed by atoms with Gasteiger partial charge in [-0.05, 0) is 51.3 Å². The Hall–Kier alpha value is -1.75. The van der Waals surface area contributed by atoms with E-state index >= 15 is 0 Å². The Balaban J connectivity index is 2.00. The van der Waals surface area contributed by atoms with Gasteiger partial charge in [0, 0.05) is 19.0 Å². The number of aliphatic hydroxyl groups excluding tert-OH is 1. The van der Waals surface area contributed by atoms with Crippen molar-refractivity contribution < 1.29 is 19.4 Å². The lowest BCUT2D eigenvalue weighted by molar-refractivity contribution is 0.00239. The first-order chi connectivity index (χ1) is 10.8. The van der Waals surface area contributed by atoms with E-state index in [0.717, 1.165) is 24.2 Å². The number of piperidine rings is 1. The molecule has 0 spiro atoms. The zero-order valence-corrected chi connectivity index (χ0v) is 14.4. The van der Waals surface area contributed by atoms with Gasteiger partial charge in [-0.2, -0.15) is 0 Å². The molecule has 1 saturated heterocycles. The molecule has 1 aromatic carbocycles. The maximum absolute atomic E-state index is 12.2. The van der Waals surface area contributed by atoms with Crippen LogP contribution in [0.4, 0.5) is 4.79 Å². The Morgan fingerprint density at radius 2 is 1.96 bits per heavy atom. The zero-order chi connectivity index (χ0) is 17.0. The van der Waals surface area contributed by atoms with E-state index in [1.807, 2.05) is 45.0 Å². The summed E-state index contributed by atoms with van der Waals surface area (Å²) in [7, 11) is 1.62. The van der Waals surface area contributed by atoms with Crippen molar-refractivity contribution in [3.8, 4) is 5.75 Å². The topological polar surface area (TPSA) is 59.0 Å². The van der Waals surface area contributed by atoms with Gasteiger partial charge < -0.3 is 19.5 Å². The van der Waals surface area contributed by atoms with Gasteiger partial charge in [-0.25, -0.2) is 4.79 Å². The molecule has 0 saturated carbocycles. The summed E-state index contributed by atoms with van der Waals surface area (Å²) in [6, 6.07) is 7.42. The van der Waals surface area contributed by atoms with Gasteiger partial charge >= 0.3 is 6.09 Å². The zero-order valence-electron chi connectivity index (χ0n) is 14.4. The summed E-state index contributed by atoms with van der Waals surface area (Å²) in [5, 5.41) is 10.6. The lowest BCUT2D eigenvalue weighted by Crippen LogP contribution is -2.44. The number of likely N-dealkylation sites (tertiary alicyclic amines) is 1. The first-order valence-corrected chi connectivity index (χ1v) is 8.10. The Kier molecular flexibility index (Phi) is 5.52. The minimum absolute atomic E-state index is 0.0182. The minimum atomic E-state index is -0.592. The molecule has 1 aromatic rings. The second kappa shape index (κ2) is 7.21. The molecular weight excluding hydrogens is 294 g/mol. The summed E-state index contributed by atoms with van der Waals surface area (Å²) in [6.07, 6.45) is 0.874. The lowest BCUT2D eigenvalue weighted by Gasteiger charge is -2.36. The van der Waals surface area contributed by atoms with Crippen molar-refractivity contribution in [3.63, 3.8) is 0 Å². The summed E-state index contributed by atoms with van der Waals surface area (Å²) >= 11 is 0. The van der Waals surface area contributed by atoms with Crippen molar-refractivity contribution in [1.29, 1.82) is 0 Å². The molecule has 0 radical (unpaired) electrons. The van der Waals surface area contributed by atoms with E-state index in [0.29, 0.717) is 13.1 Å². The highest BCUT2D eigenvalue weighted by atomic mass is 16.6. The molecule has 2 unspecified atom stereocenters. The third kappa shape index (κ3) is 4.86. The summed E-state index contributed by atoms with van der Waals surface area (Å²) in [5.41, 5.74) is 0.348. The monoisotopic (exact) mass is 321 g/mol. The molecule has 1 aliphatic rings. The fraction of sp³-hybridized carbons (Fsp3) is 0.611. The molecule has 1 amide bonds. The van der Waals surface area contributed by atoms with E-state index in [2.05, 4.69) is 0 Å². The minimum Gasteiger partial charge on any atom is -0.497 e. The number of hydrogen-bond donors (Lipinski definition) is 1. The first-order valence-electron chi connectivity index (χ1n) is 8.10. The van der Waals surface area contributed by atoms with Crippen LogP contribution >= 0.6 is 0 Å². The molecule has 0 aliphatic carbocycles. The van der Waals surface area contributed by atoms with Crippen LogP contribution in [0.3, 0.4) is 0 Å². The Labute approximate surface area is 138 Å². The average Bonchev–Trinajstić information content (AvgIpc) is 2.53. The standard InChI is InChI=1S/C18H27NO4/c1-18(2,3)23-17(21)19-11-5-6-14(12-19)16(20)13-7-9-15(22-4)10-8-13/h7-10,14,16,20H,5-6,11-12H2,1-4H3. The van der Waals surface area contributed by atoms with Gasteiger partial charge in [-0.15, -0.1) is 0 Å². The second-order valence-electron chi connectivity index (χ2n) is 7.05. The first kappa shape index (κ1) is 17.6. The largest absolute Gasteiger partial charge is 0.497 e. The molecule has 2 rings (SSSR count). The molecule has 5 nitrogen and oxygen atoms in total. The Bertz CT molecular complexity index is 521. The predicted molar refractivity (Wildman–Crippen MR) is 88.5 cm³/mol. The van der Waals surface area contributed by atoms with Gasteiger partial charge in [0.25, 0.3) is 0 Å². The van der Waals surface area contributed by atoms with Gasteiger partial charge in [0.1, 0.15) is 11.4 Å². The van der Waals surface area contributed by atoms with Gasteiger partial charge in [0.05, 0.1) is 13.2 Å². The molecule has 1 N–H and O–H groups in total. The van der Waals surface area contributed by atoms with Crippen molar-refractivity contribution in [2.75, 3.05) is 20.2 Å². The molecule has 1 fully saturated rings. The van der Waals surface area contributed by atoms with Crippen molar-refractivity contribution in [2.45, 2.75) is 45.3 Å². The molecule has 0 aromatic heterocycles. The lowest BCUT2D eigenvalue weighted by atomic mass is 9.88. The van der Waals surface area contributed by atoms with Crippen molar-refractivity contribution in [2.24, 2.45) is 5.92 Å². The third-order valence-corrected chi connectivity index (χ3v) is 4.01. The van der Waals surface area contributed by atoms with Crippen LogP contribution < -0.4 is 4.74 Å². The summed E-state index contributed by atoms with van der Waals surface area (Å²) in [5.74, 6) is 0.782. The number of benzene rings is 1. The van der Waals surface area contributed by atoms with E-state index in [1.54, 1.807) is 12.0 Å². The maximum atomic E-state index is 12.2. The highest BCUT2D eigenvalue weighted by Gasteiger charge is 2.31. The third-order valence-electron chi connectivity index (χ3n) is 4.01. The predicted octanol–water partition coefficient (Wildman–Crippen LogP) is 3.38. The van der Waals surface area contributed by atoms with Crippen molar-refractivity contribution in [3.05, 3.63) is 29.8 Å². The fourth-order valence-corrected chi connectivity index (χ4v) is 2.83. The van der Waals surface area contributed by atoms with Crippen LogP contribution in [0.5, 0.6) is 5.75 Å². The Morgan fingerprint density at radius 1 is 1.30 bits per heavy atom. The summed E-state index contributed by atoms with van der Waals surface area (Å²) < 4.78 is 10.6. The SMILES string of the molecule is COc1ccc(C(O)C2CCCN(C(=O)OC(C)(C)C)C2)cc1. The number of hydrogen-bond acceptors (Lipinski definition) is 4. The highest BCUT2D eigenvalue weighted by molar-refractivity contribution is 5.68. The Morgan fingerprint density at radius 3 is 2.52 bits per heavy atom. The molecule has 128 valence electrons. The van der Waals surface area contributed by atoms with Crippen LogP contribution in [0.15, 0.2) is 24.3 Å². The van der Waals surface area contributed by atoms with Gasteiger partial charge in [-0.1, -0.05) is 12.1 Å². The molecule has 0 bridgehead atoms. The second-order valence-corrected chi connectivity index (χ2v) is 7.05. The molecule has 23 heavy (non-hydrogen) atoms. The highest BCUT2D eigenvalue weighted by Crippen LogP contribution is 2.31. The summed E-state index contributed by atoms with van der Waals surface area (Å²) in [6.45, 7) is 6.78. The smallest absolute Gasteiger partial charge is 0.410 e. The molecule has 1 heterocycles. The number of carbonyl (C=O) groups is 1. The van der Waals surface area contributed by atoms with Crippen LogP contribution in [-0.4, -0.2) is 41.9 Å². The van der Waals surface area contributed by atoms with E-state index in [9.17, 15) is 9.90 Å². The normalized spacial score (nSPS) is 20.0. The van der Waals surface area contributed by atoms with E-state index < -0.39 is 11.7 Å². The fourth-order valence-electron chi connectivity index (χ4n) is 2.83. The van der Waals surface area contributed by atoms with Gasteiger partial charge in [-0.3, -0.25) is 0 Å². The molecule has 5 heteroatoms. The molecule has 1 aliphatic heterocycles. The number of methoxy groups -OCH3 is 1. The number of nitrogens with zero attached hydrogens (tertiary/aromatic N) is 1. The number of carbonyl (C=O) groups excluding carboxylic acids is 1. The van der Waals surface area contributed by atoms with Gasteiger partial charge in [0.15, 0.2) is 0 Å². The number of aliphatic hydroxyl groups is 1. The van der Waals surface area contributed by atoms with Gasteiger partial charge in [0.2, 0.25) is 0 Å². The number of rotatable bonds is 3. The molecule has 2 atom stereocenters. The quantitative estimate of drug-likeness (QED) is 0.927. The number of ether oxygens (including phenoxy) is 2. The maximum Gasteiger partial charge on any atom is 0.410 e. The van der Waals surface area contributed by atoms with E-state index in [4.69, 9.17) is 9.47 Å². The average molecular weight is 321 g/mol. The number of amides is 1. The van der Waals surface area contributed by atoms with Crippen LogP contribution in [0.2, 0.25) is 0 Å². The van der Waals surface area contributed by atoms with E-state index in [-0.39, 0.29) is 12.0 Å². The van der Waals surface area contributed by atoms with Crippen molar-refractivity contribution in [1.82, 2.24) is 4.90 Å².